The van der Waals surface area contributed by atoms with Gasteiger partial charge in [-0.25, -0.2) is 0 Å². The first-order chi connectivity index (χ1) is 10.4. The lowest BCUT2D eigenvalue weighted by molar-refractivity contribution is 0.412. The van der Waals surface area contributed by atoms with Gasteiger partial charge >= 0.3 is 0 Å². The van der Waals surface area contributed by atoms with E-state index < -0.39 is 0 Å². The van der Waals surface area contributed by atoms with Gasteiger partial charge in [0.05, 0.1) is 30.9 Å². The predicted molar refractivity (Wildman–Crippen MR) is 77.4 cm³/mol. The molecule has 21 heavy (non-hydrogen) atoms. The molecule has 0 bridgehead atoms. The zero-order chi connectivity index (χ0) is 14.2. The van der Waals surface area contributed by atoms with Crippen molar-refractivity contribution in [3.63, 3.8) is 0 Å². The Morgan fingerprint density at radius 3 is 3.14 bits per heavy atom. The number of aromatic nitrogens is 4. The molecule has 0 amide bonds. The van der Waals surface area contributed by atoms with E-state index in [1.54, 1.807) is 0 Å². The molecule has 1 atom stereocenters. The highest BCUT2D eigenvalue weighted by molar-refractivity contribution is 5.71. The van der Waals surface area contributed by atoms with Crippen LogP contribution in [0, 0.1) is 17.2 Å². The second-order valence-electron chi connectivity index (χ2n) is 5.74. The summed E-state index contributed by atoms with van der Waals surface area (Å²) in [6.45, 7) is 0.911. The number of nitrogens with one attached hydrogen (secondary N) is 1. The minimum absolute atomic E-state index is 0.213. The molecule has 6 heteroatoms. The van der Waals surface area contributed by atoms with E-state index in [4.69, 9.17) is 5.26 Å². The van der Waals surface area contributed by atoms with Crippen LogP contribution >= 0.6 is 0 Å². The summed E-state index contributed by atoms with van der Waals surface area (Å²) < 4.78 is 1.96. The molecule has 0 spiro atoms. The minimum Gasteiger partial charge on any atom is -0.368 e. The van der Waals surface area contributed by atoms with Gasteiger partial charge in [0.25, 0.3) is 0 Å². The first-order valence-corrected chi connectivity index (χ1v) is 7.36. The van der Waals surface area contributed by atoms with Gasteiger partial charge in [-0.15, -0.1) is 5.10 Å². The highest BCUT2D eigenvalue weighted by atomic mass is 15.3. The maximum absolute atomic E-state index is 9.01. The molecule has 0 radical (unpaired) electrons. The number of anilines is 1. The van der Waals surface area contributed by atoms with E-state index in [1.165, 1.54) is 18.4 Å². The molecule has 1 aliphatic heterocycles. The Bertz CT molecular complexity index is 709. The quantitative estimate of drug-likeness (QED) is 0.928. The number of rotatable bonds is 4. The van der Waals surface area contributed by atoms with Crippen LogP contribution in [-0.4, -0.2) is 26.5 Å². The maximum Gasteiger partial charge on any atom is 0.152 e. The highest BCUT2D eigenvalue weighted by Crippen LogP contribution is 2.41. The zero-order valence-electron chi connectivity index (χ0n) is 11.7. The van der Waals surface area contributed by atoms with Crippen molar-refractivity contribution < 1.29 is 0 Å². The van der Waals surface area contributed by atoms with E-state index in [1.807, 2.05) is 17.1 Å². The topological polar surface area (TPSA) is 79.4 Å². The largest absolute Gasteiger partial charge is 0.368 e. The lowest BCUT2D eigenvalue weighted by atomic mass is 10.0. The lowest BCUT2D eigenvalue weighted by Gasteiger charge is -2.12. The summed E-state index contributed by atoms with van der Waals surface area (Å²) in [5.74, 6) is 1.50. The Kier molecular flexibility index (Phi) is 2.85. The molecule has 1 N–H and O–H groups in total. The molecule has 1 fully saturated rings. The first kappa shape index (κ1) is 12.3. The molecule has 0 aromatic carbocycles. The maximum atomic E-state index is 9.01. The summed E-state index contributed by atoms with van der Waals surface area (Å²) in [4.78, 5) is 0. The van der Waals surface area contributed by atoms with Gasteiger partial charge in [-0.05, 0) is 25.2 Å². The van der Waals surface area contributed by atoms with Crippen LogP contribution in [0.25, 0.3) is 11.1 Å². The molecule has 2 aromatic rings. The Labute approximate surface area is 122 Å². The number of nitrogens with zero attached hydrogens (tertiary/aromatic N) is 5. The fourth-order valence-electron chi connectivity index (χ4n) is 3.07. The van der Waals surface area contributed by atoms with Crippen molar-refractivity contribution in [2.75, 3.05) is 11.9 Å². The van der Waals surface area contributed by atoms with Crippen LogP contribution in [0.1, 0.15) is 30.9 Å². The van der Waals surface area contributed by atoms with Crippen molar-refractivity contribution in [1.29, 1.82) is 5.26 Å². The van der Waals surface area contributed by atoms with E-state index in [0.717, 1.165) is 29.9 Å². The van der Waals surface area contributed by atoms with E-state index in [-0.39, 0.29) is 6.04 Å². The summed E-state index contributed by atoms with van der Waals surface area (Å²) in [5.41, 5.74) is 3.38. The van der Waals surface area contributed by atoms with E-state index >= 15 is 0 Å². The second-order valence-corrected chi connectivity index (χ2v) is 5.74. The van der Waals surface area contributed by atoms with Crippen LogP contribution in [0.15, 0.2) is 18.6 Å². The number of fused-ring (bicyclic) bond motifs is 1. The molecule has 2 aromatic heterocycles. The standard InChI is InChI=1S/C15H16N6/c16-5-3-14(10-1-2-10)21-9-11(7-19-21)13-8-18-20-15-12(13)4-6-17-15/h7-10,14H,1-4,6H2,(H,17,20). The van der Waals surface area contributed by atoms with Crippen molar-refractivity contribution >= 4 is 5.82 Å². The Morgan fingerprint density at radius 2 is 2.33 bits per heavy atom. The molecule has 1 saturated carbocycles. The van der Waals surface area contributed by atoms with Crippen LogP contribution in [0.4, 0.5) is 5.82 Å². The molecular weight excluding hydrogens is 264 g/mol. The van der Waals surface area contributed by atoms with Crippen LogP contribution in [-0.2, 0) is 6.42 Å². The molecule has 3 heterocycles. The van der Waals surface area contributed by atoms with Gasteiger partial charge in [0.1, 0.15) is 0 Å². The average molecular weight is 280 g/mol. The number of hydrogen-bond acceptors (Lipinski definition) is 5. The van der Waals surface area contributed by atoms with Crippen LogP contribution < -0.4 is 5.32 Å². The fourth-order valence-corrected chi connectivity index (χ4v) is 3.07. The van der Waals surface area contributed by atoms with Crippen molar-refractivity contribution in [3.05, 3.63) is 24.2 Å². The lowest BCUT2D eigenvalue weighted by Crippen LogP contribution is -2.10. The molecule has 1 unspecified atom stereocenters. The number of hydrogen-bond donors (Lipinski definition) is 1. The second kappa shape index (κ2) is 4.85. The Morgan fingerprint density at radius 1 is 1.43 bits per heavy atom. The predicted octanol–water partition coefficient (Wildman–Crippen LogP) is 2.17. The molecule has 2 aliphatic rings. The van der Waals surface area contributed by atoms with Crippen molar-refractivity contribution in [1.82, 2.24) is 20.0 Å². The van der Waals surface area contributed by atoms with Crippen molar-refractivity contribution in [2.45, 2.75) is 31.7 Å². The third-order valence-electron chi connectivity index (χ3n) is 4.34. The fraction of sp³-hybridized carbons (Fsp3) is 0.467. The molecule has 4 rings (SSSR count). The van der Waals surface area contributed by atoms with Crippen LogP contribution in [0.3, 0.4) is 0 Å². The summed E-state index contributed by atoms with van der Waals surface area (Å²) in [7, 11) is 0. The van der Waals surface area contributed by atoms with Gasteiger partial charge in [-0.2, -0.15) is 15.5 Å². The molecule has 0 saturated heterocycles. The van der Waals surface area contributed by atoms with Crippen LogP contribution in [0.5, 0.6) is 0 Å². The highest BCUT2D eigenvalue weighted by Gasteiger charge is 2.33. The van der Waals surface area contributed by atoms with Gasteiger partial charge in [0.15, 0.2) is 5.82 Å². The SMILES string of the molecule is N#CCC(C1CC1)n1cc(-c2cnnc3c2CCN3)cn1. The minimum atomic E-state index is 0.213. The Balaban J connectivity index is 1.69. The summed E-state index contributed by atoms with van der Waals surface area (Å²) in [6.07, 6.45) is 9.65. The van der Waals surface area contributed by atoms with Gasteiger partial charge in [0.2, 0.25) is 0 Å². The summed E-state index contributed by atoms with van der Waals surface area (Å²) in [6, 6.07) is 2.50. The molecular formula is C15H16N6. The Hall–Kier alpha value is -2.42. The third-order valence-corrected chi connectivity index (χ3v) is 4.34. The molecule has 106 valence electrons. The zero-order valence-corrected chi connectivity index (χ0v) is 11.7. The van der Waals surface area contributed by atoms with Gasteiger partial charge in [0, 0.05) is 29.4 Å². The van der Waals surface area contributed by atoms with Gasteiger partial charge in [-0.1, -0.05) is 0 Å². The van der Waals surface area contributed by atoms with Gasteiger partial charge < -0.3 is 5.32 Å². The van der Waals surface area contributed by atoms with E-state index in [9.17, 15) is 0 Å². The normalized spacial score (nSPS) is 17.9. The van der Waals surface area contributed by atoms with E-state index in [2.05, 4.69) is 32.9 Å². The van der Waals surface area contributed by atoms with E-state index in [0.29, 0.717) is 12.3 Å². The molecule has 6 nitrogen and oxygen atoms in total. The summed E-state index contributed by atoms with van der Waals surface area (Å²) in [5, 5.41) is 24.9. The van der Waals surface area contributed by atoms with Crippen LogP contribution in [0.2, 0.25) is 0 Å². The number of nitriles is 1. The third kappa shape index (κ3) is 2.15. The van der Waals surface area contributed by atoms with Crippen molar-refractivity contribution in [2.24, 2.45) is 5.92 Å². The van der Waals surface area contributed by atoms with Gasteiger partial charge in [-0.3, -0.25) is 4.68 Å². The summed E-state index contributed by atoms with van der Waals surface area (Å²) >= 11 is 0. The van der Waals surface area contributed by atoms with Crippen molar-refractivity contribution in [3.8, 4) is 17.2 Å². The smallest absolute Gasteiger partial charge is 0.152 e. The monoisotopic (exact) mass is 280 g/mol. The average Bonchev–Trinajstić information content (AvgIpc) is 3.02. The first-order valence-electron chi connectivity index (χ1n) is 7.36. The molecule has 1 aliphatic carbocycles.